The van der Waals surface area contributed by atoms with Crippen molar-refractivity contribution >= 4 is 23.3 Å². The van der Waals surface area contributed by atoms with E-state index in [9.17, 15) is 31.5 Å². The van der Waals surface area contributed by atoms with E-state index in [4.69, 9.17) is 14.2 Å². The zero-order chi connectivity index (χ0) is 35.8. The fraction of sp³-hybridized carbons (Fsp3) is 0.618. The molecule has 4 bridgehead atoms. The average molecular weight is 724 g/mol. The highest BCUT2D eigenvalue weighted by atomic mass is 19.4. The molecular weight excluding hydrogens is 685 g/mol. The maximum Gasteiger partial charge on any atom is 0.586 e. The standard InChI is InChI=1S/C34H38F5N5O7/c1-47-23-4-6-40-28(41-22-16-32(14-19(22)15-32)44-7-9-48-10-8-44)26(23)30(46)42-21-12-25-24(50-34(38,39)51-25)11-20(21)29(45)43-31-5-2-3-18(13-31)27(49-17-31)33(35,36)37/h4,6,11-12,18-19,22,27H,2-3,5,7-10,13-17H2,1H3,(H,40,41)(H,42,46)(H,43,45)/t18?,19?,22-,27?,31?,32?/m0/s1. The summed E-state index contributed by atoms with van der Waals surface area (Å²) < 4.78 is 94.7. The van der Waals surface area contributed by atoms with Gasteiger partial charge in [-0.05, 0) is 62.5 Å². The maximum absolute atomic E-state index is 14.1. The molecule has 4 atom stereocenters. The van der Waals surface area contributed by atoms with Gasteiger partial charge in [-0.25, -0.2) is 4.98 Å². The Kier molecular flexibility index (Phi) is 8.25. The van der Waals surface area contributed by atoms with E-state index in [1.807, 2.05) is 0 Å². The van der Waals surface area contributed by atoms with Crippen molar-refractivity contribution in [2.45, 2.75) is 80.6 Å². The maximum atomic E-state index is 14.1. The van der Waals surface area contributed by atoms with Crippen LogP contribution in [-0.2, 0) is 9.47 Å². The first-order chi connectivity index (χ1) is 24.3. The Labute approximate surface area is 289 Å². The Hall–Kier alpha value is -3.96. The SMILES string of the molecule is COc1ccnc(N[C@H]2CC3(N4CCOCC4)CC2C3)c1C(=O)Nc1cc2c(cc1C(=O)NC13CCCC(C1)C(C(F)(F)F)OC3)OC(F)(F)O2. The number of methoxy groups -OCH3 is 1. The fourth-order valence-corrected chi connectivity index (χ4v) is 9.13. The van der Waals surface area contributed by atoms with E-state index in [1.165, 1.54) is 19.4 Å². The molecule has 3 aliphatic heterocycles. The topological polar surface area (TPSA) is 133 Å². The van der Waals surface area contributed by atoms with E-state index in [0.29, 0.717) is 32.0 Å². The summed E-state index contributed by atoms with van der Waals surface area (Å²) >= 11 is 0. The third-order valence-corrected chi connectivity index (χ3v) is 11.4. The van der Waals surface area contributed by atoms with E-state index in [0.717, 1.165) is 44.5 Å². The number of carbonyl (C=O) groups is 2. The molecule has 4 heterocycles. The first kappa shape index (κ1) is 34.1. The molecule has 1 aromatic carbocycles. The van der Waals surface area contributed by atoms with Crippen molar-refractivity contribution in [1.29, 1.82) is 0 Å². The van der Waals surface area contributed by atoms with Crippen molar-refractivity contribution in [2.75, 3.05) is 50.7 Å². The molecule has 276 valence electrons. The lowest BCUT2D eigenvalue weighted by molar-refractivity contribution is -0.286. The summed E-state index contributed by atoms with van der Waals surface area (Å²) in [6.07, 6.45) is -5.07. The van der Waals surface area contributed by atoms with Crippen molar-refractivity contribution in [3.8, 4) is 17.2 Å². The van der Waals surface area contributed by atoms with Crippen LogP contribution in [-0.4, -0.2) is 97.4 Å². The number of aromatic nitrogens is 1. The molecule has 3 N–H and O–H groups in total. The van der Waals surface area contributed by atoms with Gasteiger partial charge in [0.05, 0.1) is 43.7 Å². The third-order valence-electron chi connectivity index (χ3n) is 11.4. The number of morpholine rings is 1. The van der Waals surface area contributed by atoms with Gasteiger partial charge in [-0.1, -0.05) is 6.42 Å². The molecular formula is C34H38F5N5O7. The van der Waals surface area contributed by atoms with Gasteiger partial charge in [-0.3, -0.25) is 14.5 Å². The number of carbonyl (C=O) groups excluding carboxylic acids is 2. The van der Waals surface area contributed by atoms with Gasteiger partial charge in [0, 0.05) is 36.9 Å². The number of benzene rings is 1. The van der Waals surface area contributed by atoms with Crippen molar-refractivity contribution in [3.05, 3.63) is 35.5 Å². The molecule has 2 saturated heterocycles. The largest absolute Gasteiger partial charge is 0.586 e. The normalized spacial score (nSPS) is 32.1. The lowest BCUT2D eigenvalue weighted by atomic mass is 9.71. The smallest absolute Gasteiger partial charge is 0.496 e. The molecule has 0 spiro atoms. The van der Waals surface area contributed by atoms with Gasteiger partial charge in [0.25, 0.3) is 11.8 Å². The number of hydrogen-bond donors (Lipinski definition) is 3. The highest BCUT2D eigenvalue weighted by Gasteiger charge is 2.59. The Balaban J connectivity index is 1.06. The Morgan fingerprint density at radius 1 is 1.02 bits per heavy atom. The molecule has 12 nitrogen and oxygen atoms in total. The van der Waals surface area contributed by atoms with Crippen LogP contribution >= 0.6 is 0 Å². The zero-order valence-corrected chi connectivity index (χ0v) is 27.7. The predicted molar refractivity (Wildman–Crippen MR) is 169 cm³/mol. The molecule has 17 heteroatoms. The average Bonchev–Trinajstić information content (AvgIpc) is 3.71. The molecule has 4 saturated carbocycles. The van der Waals surface area contributed by atoms with Crippen LogP contribution in [0.3, 0.4) is 0 Å². The van der Waals surface area contributed by atoms with Crippen LogP contribution in [0.4, 0.5) is 33.5 Å². The van der Waals surface area contributed by atoms with E-state index in [-0.39, 0.29) is 59.4 Å². The van der Waals surface area contributed by atoms with E-state index < -0.39 is 53.3 Å². The number of ether oxygens (including phenoxy) is 5. The zero-order valence-electron chi connectivity index (χ0n) is 27.7. The molecule has 7 aliphatic rings. The number of nitrogens with one attached hydrogen (secondary N) is 3. The third kappa shape index (κ3) is 6.20. The number of rotatable bonds is 8. The molecule has 0 radical (unpaired) electrons. The lowest BCUT2D eigenvalue weighted by Crippen LogP contribution is -2.61. The minimum Gasteiger partial charge on any atom is -0.496 e. The van der Waals surface area contributed by atoms with Crippen LogP contribution in [0, 0.1) is 11.8 Å². The minimum absolute atomic E-state index is 0.0180. The molecule has 2 amide bonds. The Morgan fingerprint density at radius 3 is 2.49 bits per heavy atom. The van der Waals surface area contributed by atoms with Crippen LogP contribution in [0.5, 0.6) is 17.2 Å². The van der Waals surface area contributed by atoms with Gasteiger partial charge in [0.1, 0.15) is 17.1 Å². The van der Waals surface area contributed by atoms with Crippen LogP contribution in [0.2, 0.25) is 0 Å². The number of pyridine rings is 1. The Morgan fingerprint density at radius 2 is 1.76 bits per heavy atom. The molecule has 9 rings (SSSR count). The Bertz CT molecular complexity index is 1720. The highest BCUT2D eigenvalue weighted by molar-refractivity contribution is 6.13. The summed E-state index contributed by atoms with van der Waals surface area (Å²) in [4.78, 5) is 35.0. The molecule has 3 unspecified atom stereocenters. The second kappa shape index (κ2) is 12.3. The molecule has 1 aromatic heterocycles. The number of fused-ring (bicyclic) bond motifs is 4. The van der Waals surface area contributed by atoms with Crippen molar-refractivity contribution in [3.63, 3.8) is 0 Å². The number of nitrogens with zero attached hydrogens (tertiary/aromatic N) is 2. The van der Waals surface area contributed by atoms with Crippen LogP contribution in [0.15, 0.2) is 24.4 Å². The minimum atomic E-state index is -4.55. The van der Waals surface area contributed by atoms with Gasteiger partial charge in [0.15, 0.2) is 17.6 Å². The summed E-state index contributed by atoms with van der Waals surface area (Å²) in [7, 11) is 1.39. The molecule has 2 aromatic rings. The van der Waals surface area contributed by atoms with Crippen molar-refractivity contribution in [2.24, 2.45) is 11.8 Å². The van der Waals surface area contributed by atoms with Crippen molar-refractivity contribution < 1.29 is 55.2 Å². The van der Waals surface area contributed by atoms with E-state index >= 15 is 0 Å². The van der Waals surface area contributed by atoms with Crippen LogP contribution in [0.25, 0.3) is 0 Å². The second-order valence-corrected chi connectivity index (χ2v) is 14.5. The van der Waals surface area contributed by atoms with E-state index in [1.54, 1.807) is 0 Å². The van der Waals surface area contributed by atoms with Gasteiger partial charge in [-0.15, -0.1) is 8.78 Å². The number of halogens is 5. The molecule has 6 fully saturated rings. The van der Waals surface area contributed by atoms with Crippen molar-refractivity contribution in [1.82, 2.24) is 15.2 Å². The van der Waals surface area contributed by atoms with Gasteiger partial charge in [0.2, 0.25) is 0 Å². The molecule has 4 aliphatic carbocycles. The fourth-order valence-electron chi connectivity index (χ4n) is 9.13. The van der Waals surface area contributed by atoms with Gasteiger partial charge in [-0.2, -0.15) is 13.2 Å². The summed E-state index contributed by atoms with van der Waals surface area (Å²) in [5.74, 6) is -2.50. The number of alkyl halides is 5. The quantitative estimate of drug-likeness (QED) is 0.322. The monoisotopic (exact) mass is 723 g/mol. The van der Waals surface area contributed by atoms with E-state index in [2.05, 4.69) is 35.3 Å². The summed E-state index contributed by atoms with van der Waals surface area (Å²) in [6, 6.07) is 3.60. The molecule has 51 heavy (non-hydrogen) atoms. The van der Waals surface area contributed by atoms with Crippen LogP contribution < -0.4 is 30.2 Å². The lowest BCUT2D eigenvalue weighted by Gasteiger charge is -2.49. The highest BCUT2D eigenvalue weighted by Crippen LogP contribution is 2.56. The van der Waals surface area contributed by atoms with Gasteiger partial charge >= 0.3 is 12.5 Å². The van der Waals surface area contributed by atoms with Crippen LogP contribution in [0.1, 0.15) is 65.7 Å². The predicted octanol–water partition coefficient (Wildman–Crippen LogP) is 4.95. The second-order valence-electron chi connectivity index (χ2n) is 14.5. The first-order valence-corrected chi connectivity index (χ1v) is 17.2. The summed E-state index contributed by atoms with van der Waals surface area (Å²) in [6.45, 7) is 2.73. The number of anilines is 2. The summed E-state index contributed by atoms with van der Waals surface area (Å²) in [5.41, 5.74) is -1.49. The summed E-state index contributed by atoms with van der Waals surface area (Å²) in [5, 5.41) is 8.93. The number of amides is 2. The first-order valence-electron chi connectivity index (χ1n) is 17.2. The van der Waals surface area contributed by atoms with Gasteiger partial charge < -0.3 is 39.6 Å². The number of hydrogen-bond acceptors (Lipinski definition) is 10.